The summed E-state index contributed by atoms with van der Waals surface area (Å²) in [5.74, 6) is 0.540. The summed E-state index contributed by atoms with van der Waals surface area (Å²) in [6, 6.07) is 11.7. The van der Waals surface area contributed by atoms with E-state index in [-0.39, 0.29) is 12.0 Å². The second-order valence-electron chi connectivity index (χ2n) is 7.40. The first kappa shape index (κ1) is 19.4. The molecule has 1 amide bonds. The van der Waals surface area contributed by atoms with Gasteiger partial charge in [0.05, 0.1) is 13.2 Å². The van der Waals surface area contributed by atoms with Crippen molar-refractivity contribution in [2.24, 2.45) is 7.05 Å². The van der Waals surface area contributed by atoms with Crippen LogP contribution >= 0.6 is 0 Å². The van der Waals surface area contributed by atoms with E-state index in [1.54, 1.807) is 18.9 Å². The number of hydrogen-bond donors (Lipinski definition) is 1. The molecule has 152 valence electrons. The summed E-state index contributed by atoms with van der Waals surface area (Å²) in [6.45, 7) is 2.51. The maximum Gasteiger partial charge on any atom is 0.276 e. The van der Waals surface area contributed by atoms with E-state index in [0.717, 1.165) is 47.3 Å². The molecule has 7 nitrogen and oxygen atoms in total. The van der Waals surface area contributed by atoms with E-state index in [2.05, 4.69) is 15.3 Å². The Kier molecular flexibility index (Phi) is 5.51. The summed E-state index contributed by atoms with van der Waals surface area (Å²) in [6.07, 6.45) is 3.19. The number of nitrogens with zero attached hydrogens (tertiary/aromatic N) is 3. The Labute approximate surface area is 170 Å². The van der Waals surface area contributed by atoms with Crippen LogP contribution in [0.2, 0.25) is 0 Å². The molecule has 1 unspecified atom stereocenters. The van der Waals surface area contributed by atoms with Gasteiger partial charge in [0.15, 0.2) is 5.69 Å². The van der Waals surface area contributed by atoms with E-state index in [0.29, 0.717) is 12.2 Å². The van der Waals surface area contributed by atoms with E-state index >= 15 is 0 Å². The number of methoxy groups -OCH3 is 2. The van der Waals surface area contributed by atoms with Gasteiger partial charge in [0.25, 0.3) is 5.91 Å². The highest BCUT2D eigenvalue weighted by molar-refractivity contribution is 6.09. The molecule has 1 fully saturated rings. The van der Waals surface area contributed by atoms with Gasteiger partial charge in [-0.25, -0.2) is 0 Å². The van der Waals surface area contributed by atoms with E-state index in [9.17, 15) is 4.79 Å². The van der Waals surface area contributed by atoms with Crippen molar-refractivity contribution in [3.8, 4) is 5.75 Å². The van der Waals surface area contributed by atoms with Gasteiger partial charge in [-0.1, -0.05) is 18.2 Å². The zero-order chi connectivity index (χ0) is 20.4. The van der Waals surface area contributed by atoms with Gasteiger partial charge in [-0.05, 0) is 30.0 Å². The molecule has 7 heteroatoms. The van der Waals surface area contributed by atoms with E-state index < -0.39 is 0 Å². The molecule has 1 aliphatic heterocycles. The number of benzene rings is 2. The SMILES string of the molecule is COc1ccc2cccc(NC(=O)c3nn(C)cc3CN3CCC(OC)C3)c2c1. The fraction of sp³-hybridized carbons (Fsp3) is 0.364. The first-order valence-corrected chi connectivity index (χ1v) is 9.73. The van der Waals surface area contributed by atoms with Crippen molar-refractivity contribution in [3.05, 3.63) is 53.9 Å². The minimum atomic E-state index is -0.210. The average Bonchev–Trinajstić information content (AvgIpc) is 3.34. The molecule has 1 saturated heterocycles. The van der Waals surface area contributed by atoms with Crippen LogP contribution in [0, 0.1) is 0 Å². The van der Waals surface area contributed by atoms with Crippen molar-refractivity contribution < 1.29 is 14.3 Å². The molecule has 29 heavy (non-hydrogen) atoms. The number of amides is 1. The first-order valence-electron chi connectivity index (χ1n) is 9.73. The molecule has 0 spiro atoms. The van der Waals surface area contributed by atoms with Crippen LogP contribution in [0.3, 0.4) is 0 Å². The molecule has 0 saturated carbocycles. The zero-order valence-electron chi connectivity index (χ0n) is 17.0. The number of carbonyl (C=O) groups excluding carboxylic acids is 1. The second kappa shape index (κ2) is 8.23. The van der Waals surface area contributed by atoms with Gasteiger partial charge >= 0.3 is 0 Å². The minimum absolute atomic E-state index is 0.210. The Balaban J connectivity index is 1.57. The molecule has 1 N–H and O–H groups in total. The lowest BCUT2D eigenvalue weighted by atomic mass is 10.1. The van der Waals surface area contributed by atoms with Crippen molar-refractivity contribution in [1.82, 2.24) is 14.7 Å². The number of anilines is 1. The molecule has 1 aromatic heterocycles. The number of likely N-dealkylation sites (tertiary alicyclic amines) is 1. The van der Waals surface area contributed by atoms with Crippen LogP contribution in [0.15, 0.2) is 42.6 Å². The van der Waals surface area contributed by atoms with Crippen molar-refractivity contribution >= 4 is 22.4 Å². The highest BCUT2D eigenvalue weighted by atomic mass is 16.5. The molecule has 2 heterocycles. The van der Waals surface area contributed by atoms with Gasteiger partial charge in [0.1, 0.15) is 5.75 Å². The second-order valence-corrected chi connectivity index (χ2v) is 7.40. The van der Waals surface area contributed by atoms with Crippen LogP contribution < -0.4 is 10.1 Å². The van der Waals surface area contributed by atoms with Gasteiger partial charge in [0, 0.05) is 56.6 Å². The van der Waals surface area contributed by atoms with Crippen LogP contribution in [-0.2, 0) is 18.3 Å². The average molecular weight is 394 g/mol. The van der Waals surface area contributed by atoms with E-state index in [1.807, 2.05) is 49.6 Å². The van der Waals surface area contributed by atoms with Crippen LogP contribution in [0.4, 0.5) is 5.69 Å². The number of fused-ring (bicyclic) bond motifs is 1. The molecular weight excluding hydrogens is 368 g/mol. The van der Waals surface area contributed by atoms with Crippen LogP contribution in [0.1, 0.15) is 22.5 Å². The highest BCUT2D eigenvalue weighted by Gasteiger charge is 2.25. The summed E-state index contributed by atoms with van der Waals surface area (Å²) in [4.78, 5) is 15.4. The van der Waals surface area contributed by atoms with Crippen LogP contribution in [0.5, 0.6) is 5.75 Å². The Hall–Kier alpha value is -2.90. The molecule has 3 aromatic rings. The van der Waals surface area contributed by atoms with Gasteiger partial charge in [-0.15, -0.1) is 0 Å². The van der Waals surface area contributed by atoms with Crippen molar-refractivity contribution in [3.63, 3.8) is 0 Å². The normalized spacial score (nSPS) is 17.0. The maximum absolute atomic E-state index is 13.1. The van der Waals surface area contributed by atoms with Crippen molar-refractivity contribution in [2.45, 2.75) is 19.1 Å². The third kappa shape index (κ3) is 4.11. The fourth-order valence-corrected chi connectivity index (χ4v) is 3.89. The molecule has 1 atom stereocenters. The number of hydrogen-bond acceptors (Lipinski definition) is 5. The number of rotatable bonds is 6. The quantitative estimate of drug-likeness (QED) is 0.696. The number of carbonyl (C=O) groups is 1. The highest BCUT2D eigenvalue weighted by Crippen LogP contribution is 2.28. The Morgan fingerprint density at radius 3 is 2.90 bits per heavy atom. The first-order chi connectivity index (χ1) is 14.1. The largest absolute Gasteiger partial charge is 0.497 e. The molecule has 1 aliphatic rings. The van der Waals surface area contributed by atoms with E-state index in [4.69, 9.17) is 9.47 Å². The summed E-state index contributed by atoms with van der Waals surface area (Å²) < 4.78 is 12.5. The minimum Gasteiger partial charge on any atom is -0.497 e. The Morgan fingerprint density at radius 2 is 2.14 bits per heavy atom. The maximum atomic E-state index is 13.1. The number of aromatic nitrogens is 2. The van der Waals surface area contributed by atoms with Crippen molar-refractivity contribution in [1.29, 1.82) is 0 Å². The van der Waals surface area contributed by atoms with Gasteiger partial charge in [-0.3, -0.25) is 14.4 Å². The number of nitrogens with one attached hydrogen (secondary N) is 1. The monoisotopic (exact) mass is 394 g/mol. The third-order valence-electron chi connectivity index (χ3n) is 5.41. The molecule has 0 radical (unpaired) electrons. The summed E-state index contributed by atoms with van der Waals surface area (Å²) >= 11 is 0. The third-order valence-corrected chi connectivity index (χ3v) is 5.41. The van der Waals surface area contributed by atoms with Gasteiger partial charge in [-0.2, -0.15) is 5.10 Å². The number of aryl methyl sites for hydroxylation is 1. The zero-order valence-corrected chi connectivity index (χ0v) is 17.0. The van der Waals surface area contributed by atoms with Crippen molar-refractivity contribution in [2.75, 3.05) is 32.6 Å². The molecular formula is C22H26N4O3. The van der Waals surface area contributed by atoms with Gasteiger partial charge in [0.2, 0.25) is 0 Å². The molecule has 0 bridgehead atoms. The standard InChI is InChI=1S/C22H26N4O3/c1-25-12-16(13-26-10-9-18(14-26)29-3)21(24-25)22(27)23-20-6-4-5-15-7-8-17(28-2)11-19(15)20/h4-8,11-12,18H,9-10,13-14H2,1-3H3,(H,23,27). The van der Waals surface area contributed by atoms with Crippen LogP contribution in [0.25, 0.3) is 10.8 Å². The van der Waals surface area contributed by atoms with E-state index in [1.165, 1.54) is 0 Å². The summed E-state index contributed by atoms with van der Waals surface area (Å²) in [5, 5.41) is 9.43. The molecule has 0 aliphatic carbocycles. The Morgan fingerprint density at radius 1 is 1.28 bits per heavy atom. The number of ether oxygens (including phenoxy) is 2. The lowest BCUT2D eigenvalue weighted by Gasteiger charge is -2.15. The van der Waals surface area contributed by atoms with Gasteiger partial charge < -0.3 is 14.8 Å². The lowest BCUT2D eigenvalue weighted by Crippen LogP contribution is -2.24. The summed E-state index contributed by atoms with van der Waals surface area (Å²) in [7, 11) is 5.22. The molecule has 4 rings (SSSR count). The topological polar surface area (TPSA) is 68.6 Å². The van der Waals surface area contributed by atoms with Crippen LogP contribution in [-0.4, -0.2) is 54.0 Å². The lowest BCUT2D eigenvalue weighted by molar-refractivity contribution is 0.101. The smallest absolute Gasteiger partial charge is 0.276 e. The Bertz CT molecular complexity index is 1030. The predicted molar refractivity (Wildman–Crippen MR) is 112 cm³/mol. The summed E-state index contributed by atoms with van der Waals surface area (Å²) in [5.41, 5.74) is 2.11. The predicted octanol–water partition coefficient (Wildman–Crippen LogP) is 3.05. The fourth-order valence-electron chi connectivity index (χ4n) is 3.89. The molecule has 2 aromatic carbocycles.